The standard InChI is InChI=1S/C25H22Cl2N4O2/c1-3-10-29-24(32)18-14-17(26)12-15(2)22(18)30-25(33)21-13-16-7-4-5-9-20(16)31(21)23-19(27)8-6-11-28-23/h4-9,11-14H,3,10H2,1-2H3,(H,29,32)(H,30,33). The summed E-state index contributed by atoms with van der Waals surface area (Å²) in [5.74, 6) is -0.256. The predicted octanol–water partition coefficient (Wildman–Crippen LogP) is 6.03. The van der Waals surface area contributed by atoms with Gasteiger partial charge in [-0.25, -0.2) is 4.98 Å². The second-order valence-electron chi connectivity index (χ2n) is 7.59. The van der Waals surface area contributed by atoms with E-state index in [-0.39, 0.29) is 5.91 Å². The Hall–Kier alpha value is -3.35. The smallest absolute Gasteiger partial charge is 0.272 e. The van der Waals surface area contributed by atoms with Crippen molar-refractivity contribution in [3.63, 3.8) is 0 Å². The Morgan fingerprint density at radius 3 is 2.58 bits per heavy atom. The zero-order valence-electron chi connectivity index (χ0n) is 18.2. The monoisotopic (exact) mass is 480 g/mol. The number of nitrogens with zero attached hydrogens (tertiary/aromatic N) is 2. The summed E-state index contributed by atoms with van der Waals surface area (Å²) in [7, 11) is 0. The second kappa shape index (κ2) is 9.65. The molecule has 0 aliphatic rings. The highest BCUT2D eigenvalue weighted by Crippen LogP contribution is 2.30. The van der Waals surface area contributed by atoms with E-state index in [4.69, 9.17) is 23.2 Å². The molecule has 168 valence electrons. The third-order valence-corrected chi connectivity index (χ3v) is 5.73. The van der Waals surface area contributed by atoms with Gasteiger partial charge in [0.1, 0.15) is 5.69 Å². The zero-order chi connectivity index (χ0) is 23.5. The summed E-state index contributed by atoms with van der Waals surface area (Å²) in [6.07, 6.45) is 2.41. The molecule has 2 aromatic heterocycles. The molecule has 0 aliphatic heterocycles. The number of carbonyl (C=O) groups is 2. The van der Waals surface area contributed by atoms with Gasteiger partial charge in [-0.05, 0) is 55.3 Å². The number of benzene rings is 2. The normalized spacial score (nSPS) is 10.9. The van der Waals surface area contributed by atoms with Crippen molar-refractivity contribution in [2.75, 3.05) is 11.9 Å². The summed E-state index contributed by atoms with van der Waals surface area (Å²) < 4.78 is 1.72. The van der Waals surface area contributed by atoms with Gasteiger partial charge in [0.05, 0.1) is 21.8 Å². The van der Waals surface area contributed by atoms with E-state index in [9.17, 15) is 9.59 Å². The molecular weight excluding hydrogens is 459 g/mol. The SMILES string of the molecule is CCCNC(=O)c1cc(Cl)cc(C)c1NC(=O)c1cc2ccccc2n1-c1ncccc1Cl. The van der Waals surface area contributed by atoms with Crippen LogP contribution >= 0.6 is 23.2 Å². The quantitative estimate of drug-likeness (QED) is 0.353. The highest BCUT2D eigenvalue weighted by molar-refractivity contribution is 6.32. The van der Waals surface area contributed by atoms with Crippen LogP contribution in [0.1, 0.15) is 39.8 Å². The molecule has 0 bridgehead atoms. The molecule has 0 atom stereocenters. The highest BCUT2D eigenvalue weighted by atomic mass is 35.5. The Morgan fingerprint density at radius 1 is 1.03 bits per heavy atom. The van der Waals surface area contributed by atoms with Gasteiger partial charge in [0.15, 0.2) is 5.82 Å². The first-order chi connectivity index (χ1) is 15.9. The van der Waals surface area contributed by atoms with Crippen LogP contribution in [0.15, 0.2) is 60.8 Å². The van der Waals surface area contributed by atoms with E-state index in [1.165, 1.54) is 0 Å². The fourth-order valence-electron chi connectivity index (χ4n) is 3.69. The molecule has 0 radical (unpaired) electrons. The first-order valence-electron chi connectivity index (χ1n) is 10.5. The van der Waals surface area contributed by atoms with E-state index in [0.717, 1.165) is 17.3 Å². The van der Waals surface area contributed by atoms with Crippen molar-refractivity contribution in [2.24, 2.45) is 0 Å². The maximum Gasteiger partial charge on any atom is 0.272 e. The van der Waals surface area contributed by atoms with Crippen molar-refractivity contribution in [2.45, 2.75) is 20.3 Å². The summed E-state index contributed by atoms with van der Waals surface area (Å²) in [5, 5.41) is 7.45. The molecule has 0 spiro atoms. The third kappa shape index (κ3) is 4.58. The average Bonchev–Trinajstić information content (AvgIpc) is 3.19. The summed E-state index contributed by atoms with van der Waals surface area (Å²) >= 11 is 12.6. The lowest BCUT2D eigenvalue weighted by atomic mass is 10.1. The number of para-hydroxylation sites is 1. The number of nitrogens with one attached hydrogen (secondary N) is 2. The molecule has 2 N–H and O–H groups in total. The van der Waals surface area contributed by atoms with Gasteiger partial charge in [0.25, 0.3) is 11.8 Å². The number of hydrogen-bond acceptors (Lipinski definition) is 3. The van der Waals surface area contributed by atoms with Gasteiger partial charge in [-0.3, -0.25) is 14.2 Å². The van der Waals surface area contributed by atoms with Crippen LogP contribution in [0.5, 0.6) is 0 Å². The average molecular weight is 481 g/mol. The van der Waals surface area contributed by atoms with Gasteiger partial charge in [-0.15, -0.1) is 0 Å². The Labute approximate surface area is 201 Å². The molecule has 0 saturated heterocycles. The lowest BCUT2D eigenvalue weighted by Gasteiger charge is -2.16. The zero-order valence-corrected chi connectivity index (χ0v) is 19.7. The molecule has 0 aliphatic carbocycles. The van der Waals surface area contributed by atoms with Crippen LogP contribution in [-0.4, -0.2) is 27.9 Å². The Kier molecular flexibility index (Phi) is 6.67. The molecule has 4 aromatic rings. The molecule has 4 rings (SSSR count). The topological polar surface area (TPSA) is 76.0 Å². The second-order valence-corrected chi connectivity index (χ2v) is 8.43. The molecule has 6 nitrogen and oxygen atoms in total. The molecule has 2 heterocycles. The minimum Gasteiger partial charge on any atom is -0.352 e. The first kappa shape index (κ1) is 22.8. The number of halogens is 2. The third-order valence-electron chi connectivity index (χ3n) is 5.21. The molecular formula is C25H22Cl2N4O2. The number of fused-ring (bicyclic) bond motifs is 1. The van der Waals surface area contributed by atoms with Crippen molar-refractivity contribution in [1.82, 2.24) is 14.9 Å². The van der Waals surface area contributed by atoms with Crippen molar-refractivity contribution < 1.29 is 9.59 Å². The number of hydrogen-bond donors (Lipinski definition) is 2. The van der Waals surface area contributed by atoms with Crippen LogP contribution in [0, 0.1) is 6.92 Å². The number of carbonyl (C=O) groups excluding carboxylic acids is 2. The van der Waals surface area contributed by atoms with Gasteiger partial charge < -0.3 is 10.6 Å². The van der Waals surface area contributed by atoms with Crippen LogP contribution in [0.3, 0.4) is 0 Å². The molecule has 0 unspecified atom stereocenters. The summed E-state index contributed by atoms with van der Waals surface area (Å²) in [4.78, 5) is 30.7. The van der Waals surface area contributed by atoms with Crippen molar-refractivity contribution in [3.05, 3.63) is 87.7 Å². The van der Waals surface area contributed by atoms with E-state index >= 15 is 0 Å². The number of aromatic nitrogens is 2. The van der Waals surface area contributed by atoms with E-state index in [1.807, 2.05) is 31.2 Å². The van der Waals surface area contributed by atoms with Crippen LogP contribution in [-0.2, 0) is 0 Å². The number of aryl methyl sites for hydroxylation is 1. The van der Waals surface area contributed by atoms with Gasteiger partial charge in [0.2, 0.25) is 0 Å². The predicted molar refractivity (Wildman–Crippen MR) is 133 cm³/mol. The van der Waals surface area contributed by atoms with Crippen molar-refractivity contribution >= 4 is 51.6 Å². The van der Waals surface area contributed by atoms with Crippen LogP contribution in [0.4, 0.5) is 5.69 Å². The number of amides is 2. The lowest BCUT2D eigenvalue weighted by molar-refractivity contribution is 0.0954. The van der Waals surface area contributed by atoms with Crippen molar-refractivity contribution in [3.8, 4) is 5.82 Å². The summed E-state index contributed by atoms with van der Waals surface area (Å²) in [5.41, 5.74) is 2.52. The minimum absolute atomic E-state index is 0.300. The largest absolute Gasteiger partial charge is 0.352 e. The lowest BCUT2D eigenvalue weighted by Crippen LogP contribution is -2.26. The van der Waals surface area contributed by atoms with Gasteiger partial charge in [0, 0.05) is 23.2 Å². The van der Waals surface area contributed by atoms with Crippen LogP contribution in [0.2, 0.25) is 10.0 Å². The Bertz CT molecular complexity index is 1360. The number of anilines is 1. The van der Waals surface area contributed by atoms with Gasteiger partial charge in [-0.2, -0.15) is 0 Å². The highest BCUT2D eigenvalue weighted by Gasteiger charge is 2.22. The molecule has 0 saturated carbocycles. The van der Waals surface area contributed by atoms with E-state index in [2.05, 4.69) is 15.6 Å². The number of rotatable bonds is 6. The Balaban J connectivity index is 1.81. The summed E-state index contributed by atoms with van der Waals surface area (Å²) in [6, 6.07) is 16.1. The van der Waals surface area contributed by atoms with E-state index < -0.39 is 5.91 Å². The molecule has 2 aromatic carbocycles. The summed E-state index contributed by atoms with van der Waals surface area (Å²) in [6.45, 7) is 4.28. The van der Waals surface area contributed by atoms with E-state index in [1.54, 1.807) is 48.0 Å². The van der Waals surface area contributed by atoms with Crippen LogP contribution < -0.4 is 10.6 Å². The maximum absolute atomic E-state index is 13.5. The molecule has 0 fully saturated rings. The molecule has 33 heavy (non-hydrogen) atoms. The van der Waals surface area contributed by atoms with Gasteiger partial charge >= 0.3 is 0 Å². The maximum atomic E-state index is 13.5. The fourth-order valence-corrected chi connectivity index (χ4v) is 4.17. The number of pyridine rings is 1. The fraction of sp³-hybridized carbons (Fsp3) is 0.160. The van der Waals surface area contributed by atoms with Gasteiger partial charge in [-0.1, -0.05) is 48.3 Å². The van der Waals surface area contributed by atoms with Crippen LogP contribution in [0.25, 0.3) is 16.7 Å². The first-order valence-corrected chi connectivity index (χ1v) is 11.3. The molecule has 2 amide bonds. The van der Waals surface area contributed by atoms with Crippen molar-refractivity contribution in [1.29, 1.82) is 0 Å². The minimum atomic E-state index is -0.400. The molecule has 8 heteroatoms. The Morgan fingerprint density at radius 2 is 1.82 bits per heavy atom. The van der Waals surface area contributed by atoms with E-state index in [0.29, 0.717) is 44.9 Å².